The van der Waals surface area contributed by atoms with Crippen LogP contribution in [0.5, 0.6) is 0 Å². The van der Waals surface area contributed by atoms with Gasteiger partial charge in [-0.1, -0.05) is 36.4 Å². The third-order valence-electron chi connectivity index (χ3n) is 3.26. The molecule has 3 aromatic rings. The first-order valence-corrected chi connectivity index (χ1v) is 8.81. The van der Waals surface area contributed by atoms with Crippen LogP contribution in [0.15, 0.2) is 53.2 Å². The van der Waals surface area contributed by atoms with Gasteiger partial charge in [0.2, 0.25) is 5.91 Å². The summed E-state index contributed by atoms with van der Waals surface area (Å²) in [4.78, 5) is 17.8. The van der Waals surface area contributed by atoms with E-state index in [2.05, 4.69) is 10.3 Å². The molecule has 22 heavy (non-hydrogen) atoms. The Morgan fingerprint density at radius 1 is 1.18 bits per heavy atom. The molecule has 0 saturated heterocycles. The molecule has 1 amide bonds. The number of nitrogens with zero attached hydrogens (tertiary/aromatic N) is 1. The summed E-state index contributed by atoms with van der Waals surface area (Å²) >= 11 is 3.22. The SMILES string of the molecule is CC(NC(=O)Cc1csc(-c2ccccc2)n1)c1cccs1. The van der Waals surface area contributed by atoms with Crippen molar-refractivity contribution < 1.29 is 4.79 Å². The number of carbonyl (C=O) groups is 1. The Labute approximate surface area is 137 Å². The van der Waals surface area contributed by atoms with Crippen LogP contribution >= 0.6 is 22.7 Å². The standard InChI is InChI=1S/C17H16N2OS2/c1-12(15-8-5-9-21-15)18-16(20)10-14-11-22-17(19-14)13-6-3-2-4-7-13/h2-9,11-12H,10H2,1H3,(H,18,20). The van der Waals surface area contributed by atoms with Crippen LogP contribution in [0.25, 0.3) is 10.6 Å². The Bertz CT molecular complexity index is 735. The predicted molar refractivity (Wildman–Crippen MR) is 92.1 cm³/mol. The quantitative estimate of drug-likeness (QED) is 0.759. The molecule has 1 aromatic carbocycles. The van der Waals surface area contributed by atoms with E-state index < -0.39 is 0 Å². The van der Waals surface area contributed by atoms with Crippen LogP contribution in [0, 0.1) is 0 Å². The zero-order valence-electron chi connectivity index (χ0n) is 12.2. The minimum atomic E-state index is 0.00538. The molecule has 0 radical (unpaired) electrons. The maximum atomic E-state index is 12.1. The van der Waals surface area contributed by atoms with Crippen molar-refractivity contribution >= 4 is 28.6 Å². The van der Waals surface area contributed by atoms with Gasteiger partial charge in [-0.3, -0.25) is 4.79 Å². The highest BCUT2D eigenvalue weighted by atomic mass is 32.1. The molecule has 2 heterocycles. The van der Waals surface area contributed by atoms with Gasteiger partial charge in [0.1, 0.15) is 5.01 Å². The summed E-state index contributed by atoms with van der Waals surface area (Å²) in [5.74, 6) is 0.00538. The van der Waals surface area contributed by atoms with E-state index in [1.54, 1.807) is 22.7 Å². The topological polar surface area (TPSA) is 42.0 Å². The molecule has 0 aliphatic carbocycles. The number of nitrogens with one attached hydrogen (secondary N) is 1. The lowest BCUT2D eigenvalue weighted by Gasteiger charge is -2.11. The summed E-state index contributed by atoms with van der Waals surface area (Å²) in [7, 11) is 0. The molecule has 3 nitrogen and oxygen atoms in total. The largest absolute Gasteiger partial charge is 0.348 e. The molecule has 0 saturated carbocycles. The van der Waals surface area contributed by atoms with Gasteiger partial charge >= 0.3 is 0 Å². The number of thiazole rings is 1. The van der Waals surface area contributed by atoms with Crippen LogP contribution < -0.4 is 5.32 Å². The number of rotatable bonds is 5. The highest BCUT2D eigenvalue weighted by Crippen LogP contribution is 2.23. The second-order valence-electron chi connectivity index (χ2n) is 4.99. The normalized spacial score (nSPS) is 12.0. The lowest BCUT2D eigenvalue weighted by atomic mass is 10.2. The molecule has 0 aliphatic rings. The first-order chi connectivity index (χ1) is 10.7. The van der Waals surface area contributed by atoms with E-state index in [0.717, 1.165) is 21.1 Å². The Kier molecular flexibility index (Phi) is 4.65. The number of amides is 1. The molecule has 0 spiro atoms. The van der Waals surface area contributed by atoms with E-state index in [4.69, 9.17) is 0 Å². The molecule has 2 aromatic heterocycles. The van der Waals surface area contributed by atoms with E-state index in [-0.39, 0.29) is 11.9 Å². The zero-order valence-corrected chi connectivity index (χ0v) is 13.8. The minimum Gasteiger partial charge on any atom is -0.348 e. The van der Waals surface area contributed by atoms with Crippen LogP contribution in [-0.4, -0.2) is 10.9 Å². The van der Waals surface area contributed by atoms with Crippen molar-refractivity contribution in [1.29, 1.82) is 0 Å². The molecule has 0 bridgehead atoms. The summed E-state index contributed by atoms with van der Waals surface area (Å²) in [6, 6.07) is 14.1. The lowest BCUT2D eigenvalue weighted by Crippen LogP contribution is -2.27. The first-order valence-electron chi connectivity index (χ1n) is 7.05. The molecule has 1 N–H and O–H groups in total. The molecular formula is C17H16N2OS2. The van der Waals surface area contributed by atoms with Crippen molar-refractivity contribution in [2.24, 2.45) is 0 Å². The van der Waals surface area contributed by atoms with Crippen LogP contribution in [-0.2, 0) is 11.2 Å². The number of benzene rings is 1. The second kappa shape index (κ2) is 6.85. The molecule has 1 unspecified atom stereocenters. The maximum absolute atomic E-state index is 12.1. The molecule has 1 atom stereocenters. The molecule has 0 aliphatic heterocycles. The van der Waals surface area contributed by atoms with E-state index >= 15 is 0 Å². The zero-order chi connectivity index (χ0) is 15.4. The van der Waals surface area contributed by atoms with Crippen LogP contribution in [0.1, 0.15) is 23.5 Å². The molecule has 112 valence electrons. The highest BCUT2D eigenvalue weighted by Gasteiger charge is 2.13. The maximum Gasteiger partial charge on any atom is 0.226 e. The van der Waals surface area contributed by atoms with Crippen molar-refractivity contribution in [3.05, 3.63) is 63.8 Å². The summed E-state index contributed by atoms with van der Waals surface area (Å²) in [6.45, 7) is 2.00. The van der Waals surface area contributed by atoms with Gasteiger partial charge in [-0.2, -0.15) is 0 Å². The number of thiophene rings is 1. The number of aromatic nitrogens is 1. The van der Waals surface area contributed by atoms with E-state index in [9.17, 15) is 4.79 Å². The van der Waals surface area contributed by atoms with Gasteiger partial charge < -0.3 is 5.32 Å². The average molecular weight is 328 g/mol. The van der Waals surface area contributed by atoms with Crippen LogP contribution in [0.4, 0.5) is 0 Å². The van der Waals surface area contributed by atoms with Gasteiger partial charge in [0.15, 0.2) is 0 Å². The third kappa shape index (κ3) is 3.61. The van der Waals surface area contributed by atoms with Crippen molar-refractivity contribution in [1.82, 2.24) is 10.3 Å². The van der Waals surface area contributed by atoms with E-state index in [0.29, 0.717) is 6.42 Å². The van der Waals surface area contributed by atoms with Gasteiger partial charge in [-0.15, -0.1) is 22.7 Å². The Balaban J connectivity index is 1.62. The molecular weight excluding hydrogens is 312 g/mol. The first kappa shape index (κ1) is 14.9. The van der Waals surface area contributed by atoms with Gasteiger partial charge in [0.25, 0.3) is 0 Å². The van der Waals surface area contributed by atoms with E-state index in [1.807, 2.05) is 60.1 Å². The summed E-state index contributed by atoms with van der Waals surface area (Å²) in [5, 5.41) is 7.94. The molecule has 5 heteroatoms. The smallest absolute Gasteiger partial charge is 0.226 e. The van der Waals surface area contributed by atoms with Crippen molar-refractivity contribution in [3.63, 3.8) is 0 Å². The number of hydrogen-bond acceptors (Lipinski definition) is 4. The summed E-state index contributed by atoms with van der Waals surface area (Å²) in [5.41, 5.74) is 1.91. The van der Waals surface area contributed by atoms with Crippen molar-refractivity contribution in [2.75, 3.05) is 0 Å². The van der Waals surface area contributed by atoms with Crippen LogP contribution in [0.3, 0.4) is 0 Å². The van der Waals surface area contributed by atoms with Gasteiger partial charge in [-0.05, 0) is 18.4 Å². The second-order valence-corrected chi connectivity index (χ2v) is 6.83. The Morgan fingerprint density at radius 2 is 2.00 bits per heavy atom. The third-order valence-corrected chi connectivity index (χ3v) is 5.26. The van der Waals surface area contributed by atoms with Crippen molar-refractivity contribution in [3.8, 4) is 10.6 Å². The highest BCUT2D eigenvalue weighted by molar-refractivity contribution is 7.13. The summed E-state index contributed by atoms with van der Waals surface area (Å²) < 4.78 is 0. The fourth-order valence-corrected chi connectivity index (χ4v) is 3.73. The molecule has 0 fully saturated rings. The average Bonchev–Trinajstić information content (AvgIpc) is 3.19. The lowest BCUT2D eigenvalue weighted by molar-refractivity contribution is -0.121. The van der Waals surface area contributed by atoms with Gasteiger partial charge in [0.05, 0.1) is 18.2 Å². The van der Waals surface area contributed by atoms with Crippen molar-refractivity contribution in [2.45, 2.75) is 19.4 Å². The van der Waals surface area contributed by atoms with Gasteiger partial charge in [0, 0.05) is 15.8 Å². The summed E-state index contributed by atoms with van der Waals surface area (Å²) in [6.07, 6.45) is 0.319. The fourth-order valence-electron chi connectivity index (χ4n) is 2.17. The van der Waals surface area contributed by atoms with Gasteiger partial charge in [-0.25, -0.2) is 4.98 Å². The Hall–Kier alpha value is -1.98. The minimum absolute atomic E-state index is 0.00538. The number of carbonyl (C=O) groups excluding carboxylic acids is 1. The Morgan fingerprint density at radius 3 is 2.73 bits per heavy atom. The fraction of sp³-hybridized carbons (Fsp3) is 0.176. The van der Waals surface area contributed by atoms with Crippen LogP contribution in [0.2, 0.25) is 0 Å². The number of hydrogen-bond donors (Lipinski definition) is 1. The molecule has 3 rings (SSSR count). The monoisotopic (exact) mass is 328 g/mol. The predicted octanol–water partition coefficient (Wildman–Crippen LogP) is 4.29. The van der Waals surface area contributed by atoms with E-state index in [1.165, 1.54) is 0 Å².